The van der Waals surface area contributed by atoms with Gasteiger partial charge in [-0.3, -0.25) is 19.3 Å². The third-order valence-corrected chi connectivity index (χ3v) is 5.06. The van der Waals surface area contributed by atoms with Crippen LogP contribution in [0.4, 0.5) is 10.5 Å². The first-order chi connectivity index (χ1) is 14.5. The molecule has 3 aromatic rings. The Hall–Kier alpha value is -3.85. The molecule has 8 nitrogen and oxygen atoms in total. The second kappa shape index (κ2) is 8.26. The summed E-state index contributed by atoms with van der Waals surface area (Å²) in [6.45, 7) is -0.411. The van der Waals surface area contributed by atoms with E-state index >= 15 is 0 Å². The third-order valence-electron chi connectivity index (χ3n) is 4.13. The van der Waals surface area contributed by atoms with Gasteiger partial charge in [0, 0.05) is 17.1 Å². The number of hydrogen-bond donors (Lipinski definition) is 1. The molecule has 0 atom stereocenters. The number of carbonyl (C=O) groups excluding carboxylic acids is 3. The van der Waals surface area contributed by atoms with E-state index in [4.69, 9.17) is 8.83 Å². The Bertz CT molecular complexity index is 1260. The van der Waals surface area contributed by atoms with Gasteiger partial charge in [0.1, 0.15) is 17.9 Å². The van der Waals surface area contributed by atoms with Crippen molar-refractivity contribution in [1.82, 2.24) is 4.90 Å². The van der Waals surface area contributed by atoms with E-state index in [9.17, 15) is 19.2 Å². The molecule has 1 aliphatic rings. The molecule has 1 N–H and O–H groups in total. The molecule has 1 saturated heterocycles. The summed E-state index contributed by atoms with van der Waals surface area (Å²) in [7, 11) is 0. The number of rotatable bonds is 5. The first-order valence-corrected chi connectivity index (χ1v) is 9.60. The Kier molecular flexibility index (Phi) is 5.36. The summed E-state index contributed by atoms with van der Waals surface area (Å²) in [6.07, 6.45) is 6.28. The normalized spacial score (nSPS) is 15.6. The van der Waals surface area contributed by atoms with E-state index in [0.29, 0.717) is 22.4 Å². The van der Waals surface area contributed by atoms with Crippen molar-refractivity contribution in [2.75, 3.05) is 11.9 Å². The lowest BCUT2D eigenvalue weighted by atomic mass is 10.2. The number of carbonyl (C=O) groups is 3. The molecular formula is C21H14N2O6S. The molecular weight excluding hydrogens is 408 g/mol. The highest BCUT2D eigenvalue weighted by Crippen LogP contribution is 2.30. The zero-order valence-corrected chi connectivity index (χ0v) is 16.2. The zero-order chi connectivity index (χ0) is 21.1. The first kappa shape index (κ1) is 19.5. The quantitative estimate of drug-likeness (QED) is 0.494. The molecule has 4 rings (SSSR count). The molecule has 3 heterocycles. The molecule has 1 aliphatic heterocycles. The number of benzene rings is 1. The summed E-state index contributed by atoms with van der Waals surface area (Å²) in [4.78, 5) is 49.3. The number of allylic oxidation sites excluding steroid dienone is 2. The van der Waals surface area contributed by atoms with Crippen molar-refractivity contribution in [3.63, 3.8) is 0 Å². The van der Waals surface area contributed by atoms with Gasteiger partial charge in [-0.15, -0.1) is 0 Å². The average molecular weight is 422 g/mol. The fourth-order valence-corrected chi connectivity index (χ4v) is 3.55. The summed E-state index contributed by atoms with van der Waals surface area (Å²) >= 11 is 0.765. The monoisotopic (exact) mass is 422 g/mol. The number of thioether (sulfide) groups is 1. The molecule has 0 radical (unpaired) electrons. The van der Waals surface area contributed by atoms with Crippen LogP contribution in [0.5, 0.6) is 0 Å². The minimum absolute atomic E-state index is 0.219. The van der Waals surface area contributed by atoms with Crippen LogP contribution in [-0.2, 0) is 9.59 Å². The van der Waals surface area contributed by atoms with E-state index < -0.39 is 29.2 Å². The summed E-state index contributed by atoms with van der Waals surface area (Å²) < 4.78 is 10.2. The Labute approximate surface area is 173 Å². The second-order valence-electron chi connectivity index (χ2n) is 6.22. The van der Waals surface area contributed by atoms with E-state index in [1.165, 1.54) is 18.4 Å². The number of imide groups is 1. The van der Waals surface area contributed by atoms with Crippen LogP contribution in [0, 0.1) is 0 Å². The van der Waals surface area contributed by atoms with Gasteiger partial charge in [-0.25, -0.2) is 4.79 Å². The SMILES string of the molecule is O=C(CN1C(=O)SC(=CC=Cc2ccco2)C1=O)Nc1ccc2oc(=O)ccc2c1. The van der Waals surface area contributed by atoms with Gasteiger partial charge < -0.3 is 14.2 Å². The molecule has 2 aromatic heterocycles. The molecule has 150 valence electrons. The number of hydrogen-bond acceptors (Lipinski definition) is 7. The van der Waals surface area contributed by atoms with Gasteiger partial charge in [0.15, 0.2) is 0 Å². The molecule has 1 aromatic carbocycles. The van der Waals surface area contributed by atoms with Crippen molar-refractivity contribution in [1.29, 1.82) is 0 Å². The van der Waals surface area contributed by atoms with E-state index in [-0.39, 0.29) is 4.91 Å². The predicted octanol–water partition coefficient (Wildman–Crippen LogP) is 3.62. The van der Waals surface area contributed by atoms with Gasteiger partial charge in [-0.05, 0) is 60.3 Å². The van der Waals surface area contributed by atoms with Crippen LogP contribution in [0.25, 0.3) is 17.0 Å². The fraction of sp³-hybridized carbons (Fsp3) is 0.0476. The van der Waals surface area contributed by atoms with Gasteiger partial charge in [-0.2, -0.15) is 0 Å². The number of amides is 3. The second-order valence-corrected chi connectivity index (χ2v) is 7.21. The lowest BCUT2D eigenvalue weighted by molar-refractivity contribution is -0.127. The van der Waals surface area contributed by atoms with Crippen LogP contribution in [0.15, 0.2) is 79.4 Å². The largest absolute Gasteiger partial charge is 0.465 e. The Morgan fingerprint density at radius 1 is 1.13 bits per heavy atom. The van der Waals surface area contributed by atoms with Crippen molar-refractivity contribution in [3.8, 4) is 0 Å². The zero-order valence-electron chi connectivity index (χ0n) is 15.4. The maximum Gasteiger partial charge on any atom is 0.336 e. The van der Waals surface area contributed by atoms with E-state index in [2.05, 4.69) is 5.32 Å². The molecule has 9 heteroatoms. The topological polar surface area (TPSA) is 110 Å². The Morgan fingerprint density at radius 2 is 2.00 bits per heavy atom. The number of fused-ring (bicyclic) bond motifs is 1. The molecule has 0 spiro atoms. The number of nitrogens with zero attached hydrogens (tertiary/aromatic N) is 1. The van der Waals surface area contributed by atoms with E-state index in [1.54, 1.807) is 48.6 Å². The molecule has 1 fully saturated rings. The molecule has 0 saturated carbocycles. The van der Waals surface area contributed by atoms with Crippen LogP contribution in [-0.4, -0.2) is 28.5 Å². The fourth-order valence-electron chi connectivity index (χ4n) is 2.76. The van der Waals surface area contributed by atoms with E-state index in [0.717, 1.165) is 16.7 Å². The maximum absolute atomic E-state index is 12.4. The van der Waals surface area contributed by atoms with Crippen molar-refractivity contribution < 1.29 is 23.2 Å². The minimum Gasteiger partial charge on any atom is -0.465 e. The highest BCUT2D eigenvalue weighted by molar-refractivity contribution is 8.18. The Morgan fingerprint density at radius 3 is 2.80 bits per heavy atom. The van der Waals surface area contributed by atoms with Crippen molar-refractivity contribution in [2.45, 2.75) is 0 Å². The smallest absolute Gasteiger partial charge is 0.336 e. The lowest BCUT2D eigenvalue weighted by Gasteiger charge is -2.12. The molecule has 0 unspecified atom stereocenters. The molecule has 3 amide bonds. The van der Waals surface area contributed by atoms with Crippen LogP contribution in [0.2, 0.25) is 0 Å². The summed E-state index contributed by atoms with van der Waals surface area (Å²) in [5.41, 5.74) is 0.370. The minimum atomic E-state index is -0.537. The summed E-state index contributed by atoms with van der Waals surface area (Å²) in [5, 5.41) is 2.74. The average Bonchev–Trinajstić information content (AvgIpc) is 3.32. The highest BCUT2D eigenvalue weighted by atomic mass is 32.2. The van der Waals surface area contributed by atoms with Gasteiger partial charge in [0.25, 0.3) is 11.1 Å². The standard InChI is InChI=1S/C21H14N2O6S/c24-18(22-14-7-8-16-13(11-14)6-9-19(25)29-16)12-23-20(26)17(30-21(23)27)5-1-3-15-4-2-10-28-15/h1-11H,12H2,(H,22,24). The summed E-state index contributed by atoms with van der Waals surface area (Å²) in [6, 6.07) is 11.1. The van der Waals surface area contributed by atoms with Crippen LogP contribution in [0.1, 0.15) is 5.76 Å². The lowest BCUT2D eigenvalue weighted by Crippen LogP contribution is -2.36. The van der Waals surface area contributed by atoms with Crippen molar-refractivity contribution in [2.24, 2.45) is 0 Å². The summed E-state index contributed by atoms with van der Waals surface area (Å²) in [5.74, 6) is -0.453. The number of furan rings is 1. The van der Waals surface area contributed by atoms with E-state index in [1.807, 2.05) is 0 Å². The van der Waals surface area contributed by atoms with Crippen LogP contribution >= 0.6 is 11.8 Å². The Balaban J connectivity index is 1.41. The van der Waals surface area contributed by atoms with Crippen molar-refractivity contribution in [3.05, 3.63) is 82.0 Å². The number of anilines is 1. The van der Waals surface area contributed by atoms with Crippen LogP contribution in [0.3, 0.4) is 0 Å². The van der Waals surface area contributed by atoms with Gasteiger partial charge in [0.2, 0.25) is 5.91 Å². The van der Waals surface area contributed by atoms with Gasteiger partial charge >= 0.3 is 5.63 Å². The number of nitrogens with one attached hydrogen (secondary N) is 1. The van der Waals surface area contributed by atoms with Crippen LogP contribution < -0.4 is 10.9 Å². The molecule has 0 bridgehead atoms. The maximum atomic E-state index is 12.4. The first-order valence-electron chi connectivity index (χ1n) is 8.79. The predicted molar refractivity (Wildman–Crippen MR) is 112 cm³/mol. The van der Waals surface area contributed by atoms with Gasteiger partial charge in [-0.1, -0.05) is 6.08 Å². The third kappa shape index (κ3) is 4.26. The van der Waals surface area contributed by atoms with Gasteiger partial charge in [0.05, 0.1) is 11.2 Å². The highest BCUT2D eigenvalue weighted by Gasteiger charge is 2.35. The van der Waals surface area contributed by atoms with Crippen molar-refractivity contribution >= 4 is 51.5 Å². The molecule has 0 aliphatic carbocycles. The molecule has 30 heavy (non-hydrogen) atoms.